The number of H-pyrrole nitrogens is 1. The van der Waals surface area contributed by atoms with Crippen LogP contribution < -0.4 is 10.3 Å². The van der Waals surface area contributed by atoms with Crippen molar-refractivity contribution in [3.05, 3.63) is 22.1 Å². The number of carbonyl (C=O) groups excluding carboxylic acids is 1. The summed E-state index contributed by atoms with van der Waals surface area (Å²) in [7, 11) is 0. The van der Waals surface area contributed by atoms with Gasteiger partial charge >= 0.3 is 12.0 Å². The lowest BCUT2D eigenvalue weighted by Crippen LogP contribution is -2.24. The minimum atomic E-state index is -0.711. The molecule has 8 nitrogen and oxygen atoms in total. The van der Waals surface area contributed by atoms with Gasteiger partial charge in [-0.2, -0.15) is 9.50 Å². The molecule has 2 aromatic rings. The van der Waals surface area contributed by atoms with Crippen molar-refractivity contribution in [2.45, 2.75) is 13.8 Å². The second-order valence-electron chi connectivity index (χ2n) is 3.29. The van der Waals surface area contributed by atoms with Gasteiger partial charge in [-0.3, -0.25) is 4.79 Å². The van der Waals surface area contributed by atoms with Crippen molar-refractivity contribution in [1.82, 2.24) is 19.6 Å². The predicted molar refractivity (Wildman–Crippen MR) is 60.7 cm³/mol. The molecule has 0 aliphatic carbocycles. The van der Waals surface area contributed by atoms with Crippen molar-refractivity contribution >= 4 is 11.7 Å². The fourth-order valence-corrected chi connectivity index (χ4v) is 1.39. The van der Waals surface area contributed by atoms with Gasteiger partial charge in [0.25, 0.3) is 11.3 Å². The maximum absolute atomic E-state index is 12.0. The fourth-order valence-electron chi connectivity index (χ4n) is 1.39. The first-order valence-electron chi connectivity index (χ1n) is 5.45. The molecule has 0 spiro atoms. The van der Waals surface area contributed by atoms with Crippen LogP contribution in [-0.4, -0.2) is 38.8 Å². The summed E-state index contributed by atoms with van der Waals surface area (Å²) in [5.74, 6) is -0.576. The Balaban J connectivity index is 2.50. The molecule has 0 fully saturated rings. The summed E-state index contributed by atoms with van der Waals surface area (Å²) in [4.78, 5) is 31.3. The van der Waals surface area contributed by atoms with E-state index in [1.807, 2.05) is 0 Å². The fraction of sp³-hybridized carbons (Fsp3) is 0.400. The molecule has 18 heavy (non-hydrogen) atoms. The van der Waals surface area contributed by atoms with Crippen LogP contribution in [0.2, 0.25) is 0 Å². The van der Waals surface area contributed by atoms with Gasteiger partial charge in [0.05, 0.1) is 19.4 Å². The van der Waals surface area contributed by atoms with Crippen molar-refractivity contribution in [2.75, 3.05) is 13.2 Å². The highest BCUT2D eigenvalue weighted by atomic mass is 16.5. The summed E-state index contributed by atoms with van der Waals surface area (Å²) in [5, 5.41) is 2.60. The molecular weight excluding hydrogens is 240 g/mol. The average molecular weight is 252 g/mol. The smallest absolute Gasteiger partial charge is 0.345 e. The Hall–Kier alpha value is -2.38. The van der Waals surface area contributed by atoms with Gasteiger partial charge < -0.3 is 9.47 Å². The number of hydrogen-bond acceptors (Lipinski definition) is 6. The SMILES string of the molecule is CCOC(=O)c1cnc2nc(OCC)[nH]n2c1=O. The zero-order chi connectivity index (χ0) is 13.1. The molecule has 0 aromatic carbocycles. The molecule has 8 heteroatoms. The molecule has 1 N–H and O–H groups in total. The Labute approximate surface area is 102 Å². The molecule has 0 aliphatic heterocycles. The van der Waals surface area contributed by atoms with Gasteiger partial charge in [-0.25, -0.2) is 14.9 Å². The van der Waals surface area contributed by atoms with Crippen LogP contribution >= 0.6 is 0 Å². The largest absolute Gasteiger partial charge is 0.464 e. The van der Waals surface area contributed by atoms with E-state index in [2.05, 4.69) is 15.1 Å². The maximum atomic E-state index is 12.0. The molecular formula is C10H12N4O4. The van der Waals surface area contributed by atoms with E-state index >= 15 is 0 Å². The summed E-state index contributed by atoms with van der Waals surface area (Å²) in [6.45, 7) is 4.03. The van der Waals surface area contributed by atoms with Gasteiger partial charge in [0.2, 0.25) is 0 Å². The Kier molecular flexibility index (Phi) is 3.26. The van der Waals surface area contributed by atoms with Gasteiger partial charge in [0.1, 0.15) is 5.56 Å². The average Bonchev–Trinajstić information content (AvgIpc) is 2.74. The molecule has 0 saturated carbocycles. The number of nitrogens with zero attached hydrogens (tertiary/aromatic N) is 3. The second kappa shape index (κ2) is 4.86. The Morgan fingerprint density at radius 3 is 2.89 bits per heavy atom. The molecule has 0 bridgehead atoms. The van der Waals surface area contributed by atoms with Crippen molar-refractivity contribution in [2.24, 2.45) is 0 Å². The van der Waals surface area contributed by atoms with Gasteiger partial charge in [0, 0.05) is 0 Å². The standard InChI is InChI=1S/C10H12N4O4/c1-3-17-8(16)6-5-11-9-12-10(18-4-2)13-14(9)7(6)15/h5H,3-4H2,1-2H3,(H,11,12,13). The van der Waals surface area contributed by atoms with E-state index in [4.69, 9.17) is 9.47 Å². The molecule has 2 rings (SSSR count). The number of rotatable bonds is 4. The molecule has 0 unspecified atom stereocenters. The number of aromatic nitrogens is 4. The van der Waals surface area contributed by atoms with Crippen LogP contribution in [0.15, 0.2) is 11.0 Å². The van der Waals surface area contributed by atoms with Crippen LogP contribution in [0.5, 0.6) is 6.01 Å². The number of nitrogens with one attached hydrogen (secondary N) is 1. The topological polar surface area (TPSA) is 98.6 Å². The van der Waals surface area contributed by atoms with Crippen LogP contribution in [-0.2, 0) is 4.74 Å². The summed E-state index contributed by atoms with van der Waals surface area (Å²) >= 11 is 0. The number of carbonyl (C=O) groups is 1. The zero-order valence-corrected chi connectivity index (χ0v) is 9.97. The predicted octanol–water partition coefficient (Wildman–Crippen LogP) is -0.00700. The summed E-state index contributed by atoms with van der Waals surface area (Å²) in [5.41, 5.74) is -0.724. The number of fused-ring (bicyclic) bond motifs is 1. The van der Waals surface area contributed by atoms with Crippen LogP contribution in [0.1, 0.15) is 24.2 Å². The van der Waals surface area contributed by atoms with E-state index in [0.29, 0.717) is 6.61 Å². The normalized spacial score (nSPS) is 10.6. The minimum Gasteiger partial charge on any atom is -0.464 e. The highest BCUT2D eigenvalue weighted by molar-refractivity contribution is 5.88. The zero-order valence-electron chi connectivity index (χ0n) is 9.97. The number of hydrogen-bond donors (Lipinski definition) is 1. The highest BCUT2D eigenvalue weighted by Crippen LogP contribution is 2.03. The monoisotopic (exact) mass is 252 g/mol. The highest BCUT2D eigenvalue weighted by Gasteiger charge is 2.16. The second-order valence-corrected chi connectivity index (χ2v) is 3.29. The van der Waals surface area contributed by atoms with E-state index in [-0.39, 0.29) is 24.0 Å². The quantitative estimate of drug-likeness (QED) is 0.768. The van der Waals surface area contributed by atoms with Crippen LogP contribution in [0.4, 0.5) is 0 Å². The molecule has 0 saturated heterocycles. The number of ether oxygens (including phenoxy) is 2. The molecule has 96 valence electrons. The first kappa shape index (κ1) is 12.1. The Morgan fingerprint density at radius 1 is 1.44 bits per heavy atom. The van der Waals surface area contributed by atoms with E-state index in [1.165, 1.54) is 0 Å². The van der Waals surface area contributed by atoms with Crippen LogP contribution in [0.25, 0.3) is 5.78 Å². The van der Waals surface area contributed by atoms with E-state index < -0.39 is 11.5 Å². The maximum Gasteiger partial charge on any atom is 0.345 e. The minimum absolute atomic E-state index is 0.136. The molecule has 0 atom stereocenters. The van der Waals surface area contributed by atoms with E-state index in [9.17, 15) is 9.59 Å². The van der Waals surface area contributed by atoms with Gasteiger partial charge in [0.15, 0.2) is 0 Å². The summed E-state index contributed by atoms with van der Waals surface area (Å²) < 4.78 is 10.9. The van der Waals surface area contributed by atoms with Crippen molar-refractivity contribution in [3.8, 4) is 6.01 Å². The lowest BCUT2D eigenvalue weighted by atomic mass is 10.3. The van der Waals surface area contributed by atoms with Crippen LogP contribution in [0, 0.1) is 0 Å². The summed E-state index contributed by atoms with van der Waals surface area (Å²) in [6, 6.07) is 0.170. The molecule has 2 aromatic heterocycles. The number of aromatic amines is 1. The molecule has 0 radical (unpaired) electrons. The lowest BCUT2D eigenvalue weighted by molar-refractivity contribution is 0.0523. The van der Waals surface area contributed by atoms with Gasteiger partial charge in [-0.15, -0.1) is 0 Å². The van der Waals surface area contributed by atoms with Crippen LogP contribution in [0.3, 0.4) is 0 Å². The molecule has 2 heterocycles. The molecule has 0 amide bonds. The number of esters is 1. The third kappa shape index (κ3) is 2.04. The van der Waals surface area contributed by atoms with Gasteiger partial charge in [-0.05, 0) is 13.8 Å². The third-order valence-corrected chi connectivity index (χ3v) is 2.13. The lowest BCUT2D eigenvalue weighted by Gasteiger charge is -1.99. The Morgan fingerprint density at radius 2 is 2.22 bits per heavy atom. The Bertz CT molecular complexity index is 630. The van der Waals surface area contributed by atoms with E-state index in [0.717, 1.165) is 10.7 Å². The molecule has 0 aliphatic rings. The first-order valence-corrected chi connectivity index (χ1v) is 5.45. The van der Waals surface area contributed by atoms with E-state index in [1.54, 1.807) is 13.8 Å². The first-order chi connectivity index (χ1) is 8.67. The van der Waals surface area contributed by atoms with Crippen molar-refractivity contribution < 1.29 is 14.3 Å². The third-order valence-electron chi connectivity index (χ3n) is 2.13. The van der Waals surface area contributed by atoms with Crippen molar-refractivity contribution in [3.63, 3.8) is 0 Å². The van der Waals surface area contributed by atoms with Gasteiger partial charge in [-0.1, -0.05) is 0 Å². The summed E-state index contributed by atoms with van der Waals surface area (Å²) in [6.07, 6.45) is 1.15. The van der Waals surface area contributed by atoms with Crippen molar-refractivity contribution in [1.29, 1.82) is 0 Å².